The van der Waals surface area contributed by atoms with Crippen LogP contribution in [0, 0.1) is 12.8 Å². The third kappa shape index (κ3) is 4.30. The summed E-state index contributed by atoms with van der Waals surface area (Å²) in [7, 11) is 1.62. The van der Waals surface area contributed by atoms with Gasteiger partial charge in [-0.25, -0.2) is 9.97 Å². The number of aryl methyl sites for hydroxylation is 2. The molecule has 0 bridgehead atoms. The first-order valence-electron chi connectivity index (χ1n) is 10.9. The molecule has 1 fully saturated rings. The number of anilines is 1. The second kappa shape index (κ2) is 8.43. The SMILES string of the molecule is COc1ccc(C)cc1NC(=O)CSc1nc(C2CC2)nc2sc3c(c12)CCC(C)C3. The number of nitrogens with one attached hydrogen (secondary N) is 1. The summed E-state index contributed by atoms with van der Waals surface area (Å²) in [6, 6.07) is 5.79. The maximum atomic E-state index is 12.8. The molecule has 5 nitrogen and oxygen atoms in total. The summed E-state index contributed by atoms with van der Waals surface area (Å²) in [5.41, 5.74) is 3.21. The Morgan fingerprint density at radius 2 is 2.13 bits per heavy atom. The maximum Gasteiger partial charge on any atom is 0.234 e. The van der Waals surface area contributed by atoms with Gasteiger partial charge in [0.2, 0.25) is 5.91 Å². The molecule has 0 saturated heterocycles. The first-order valence-corrected chi connectivity index (χ1v) is 12.7. The minimum atomic E-state index is -0.0497. The second-order valence-electron chi connectivity index (χ2n) is 8.73. The van der Waals surface area contributed by atoms with Gasteiger partial charge in [0.05, 0.1) is 18.6 Å². The molecule has 7 heteroatoms. The molecule has 1 aromatic carbocycles. The highest BCUT2D eigenvalue weighted by Gasteiger charge is 2.30. The van der Waals surface area contributed by atoms with Gasteiger partial charge in [-0.1, -0.05) is 24.8 Å². The Kier molecular flexibility index (Phi) is 5.65. The zero-order valence-corrected chi connectivity index (χ0v) is 19.8. The van der Waals surface area contributed by atoms with Gasteiger partial charge < -0.3 is 10.1 Å². The largest absolute Gasteiger partial charge is 0.495 e. The Labute approximate surface area is 191 Å². The van der Waals surface area contributed by atoms with E-state index in [9.17, 15) is 4.79 Å². The summed E-state index contributed by atoms with van der Waals surface area (Å²) in [6.45, 7) is 4.33. The molecule has 1 unspecified atom stereocenters. The lowest BCUT2D eigenvalue weighted by Gasteiger charge is -2.18. The van der Waals surface area contributed by atoms with E-state index in [4.69, 9.17) is 14.7 Å². The van der Waals surface area contributed by atoms with Crippen molar-refractivity contribution in [2.45, 2.75) is 56.9 Å². The highest BCUT2D eigenvalue weighted by Crippen LogP contribution is 2.44. The summed E-state index contributed by atoms with van der Waals surface area (Å²) >= 11 is 3.37. The third-order valence-electron chi connectivity index (χ3n) is 6.05. The Hall–Kier alpha value is -2.12. The van der Waals surface area contributed by atoms with Gasteiger partial charge in [0.15, 0.2) is 0 Å². The normalized spacial score (nSPS) is 18.1. The van der Waals surface area contributed by atoms with Gasteiger partial charge in [0.25, 0.3) is 0 Å². The summed E-state index contributed by atoms with van der Waals surface area (Å²) in [4.78, 5) is 25.2. The van der Waals surface area contributed by atoms with E-state index in [1.807, 2.05) is 36.5 Å². The number of methoxy groups -OCH3 is 1. The molecule has 1 N–H and O–H groups in total. The smallest absolute Gasteiger partial charge is 0.234 e. The number of hydrogen-bond acceptors (Lipinski definition) is 6. The molecular weight excluding hydrogens is 426 g/mol. The van der Waals surface area contributed by atoms with Crippen molar-refractivity contribution in [2.75, 3.05) is 18.2 Å². The van der Waals surface area contributed by atoms with E-state index in [1.165, 1.54) is 46.9 Å². The Bertz CT molecular complexity index is 1150. The maximum absolute atomic E-state index is 12.8. The van der Waals surface area contributed by atoms with E-state index < -0.39 is 0 Å². The average Bonchev–Trinajstić information content (AvgIpc) is 3.53. The molecule has 0 spiro atoms. The predicted octanol–water partition coefficient (Wildman–Crippen LogP) is 5.74. The molecule has 3 aromatic rings. The van der Waals surface area contributed by atoms with E-state index in [0.717, 1.165) is 40.0 Å². The molecule has 2 aliphatic rings. The molecule has 2 aliphatic carbocycles. The van der Waals surface area contributed by atoms with E-state index in [1.54, 1.807) is 7.11 Å². The monoisotopic (exact) mass is 453 g/mol. The van der Waals surface area contributed by atoms with Crippen molar-refractivity contribution in [1.29, 1.82) is 0 Å². The van der Waals surface area contributed by atoms with Crippen LogP contribution in [0.1, 0.15) is 53.9 Å². The molecule has 31 heavy (non-hydrogen) atoms. The molecule has 2 heterocycles. The van der Waals surface area contributed by atoms with Crippen LogP contribution in [-0.2, 0) is 17.6 Å². The van der Waals surface area contributed by atoms with Crippen LogP contribution >= 0.6 is 23.1 Å². The van der Waals surface area contributed by atoms with Gasteiger partial charge in [-0.3, -0.25) is 4.79 Å². The van der Waals surface area contributed by atoms with E-state index in [0.29, 0.717) is 23.1 Å². The lowest BCUT2D eigenvalue weighted by molar-refractivity contribution is -0.113. The van der Waals surface area contributed by atoms with Crippen LogP contribution in [0.2, 0.25) is 0 Å². The van der Waals surface area contributed by atoms with E-state index >= 15 is 0 Å². The number of amides is 1. The van der Waals surface area contributed by atoms with Crippen molar-refractivity contribution in [1.82, 2.24) is 9.97 Å². The van der Waals surface area contributed by atoms with Crippen LogP contribution in [0.5, 0.6) is 5.75 Å². The first kappa shape index (κ1) is 20.8. The minimum absolute atomic E-state index is 0.0497. The van der Waals surface area contributed by atoms with Crippen LogP contribution in [0.15, 0.2) is 23.2 Å². The molecule has 0 aliphatic heterocycles. The van der Waals surface area contributed by atoms with Gasteiger partial charge in [-0.2, -0.15) is 0 Å². The number of aromatic nitrogens is 2. The van der Waals surface area contributed by atoms with Gasteiger partial charge in [-0.15, -0.1) is 11.3 Å². The number of nitrogens with zero attached hydrogens (tertiary/aromatic N) is 2. The van der Waals surface area contributed by atoms with Crippen molar-refractivity contribution in [3.63, 3.8) is 0 Å². The fourth-order valence-electron chi connectivity index (χ4n) is 4.19. The number of benzene rings is 1. The second-order valence-corrected chi connectivity index (χ2v) is 10.8. The number of hydrogen-bond donors (Lipinski definition) is 1. The third-order valence-corrected chi connectivity index (χ3v) is 8.17. The number of fused-ring (bicyclic) bond motifs is 3. The fourth-order valence-corrected chi connectivity index (χ4v) is 6.51. The van der Waals surface area contributed by atoms with Crippen molar-refractivity contribution in [3.05, 3.63) is 40.0 Å². The van der Waals surface area contributed by atoms with Crippen LogP contribution in [0.4, 0.5) is 5.69 Å². The highest BCUT2D eigenvalue weighted by atomic mass is 32.2. The van der Waals surface area contributed by atoms with Crippen molar-refractivity contribution in [3.8, 4) is 5.75 Å². The van der Waals surface area contributed by atoms with Crippen LogP contribution in [0.25, 0.3) is 10.2 Å². The number of thioether (sulfide) groups is 1. The fraction of sp³-hybridized carbons (Fsp3) is 0.458. The van der Waals surface area contributed by atoms with Gasteiger partial charge in [-0.05, 0) is 68.2 Å². The van der Waals surface area contributed by atoms with E-state index in [-0.39, 0.29) is 5.91 Å². The topological polar surface area (TPSA) is 64.1 Å². The molecule has 1 saturated carbocycles. The van der Waals surface area contributed by atoms with Crippen molar-refractivity contribution >= 4 is 44.9 Å². The van der Waals surface area contributed by atoms with Crippen molar-refractivity contribution in [2.24, 2.45) is 5.92 Å². The summed E-state index contributed by atoms with van der Waals surface area (Å²) in [5, 5.41) is 5.18. The van der Waals surface area contributed by atoms with Crippen molar-refractivity contribution < 1.29 is 9.53 Å². The lowest BCUT2D eigenvalue weighted by Crippen LogP contribution is -2.15. The Morgan fingerprint density at radius 3 is 2.90 bits per heavy atom. The van der Waals surface area contributed by atoms with Gasteiger partial charge >= 0.3 is 0 Å². The Morgan fingerprint density at radius 1 is 1.29 bits per heavy atom. The molecular formula is C24H27N3O2S2. The van der Waals surface area contributed by atoms with Gasteiger partial charge in [0, 0.05) is 16.2 Å². The summed E-state index contributed by atoms with van der Waals surface area (Å²) in [5.74, 6) is 3.11. The number of carbonyl (C=O) groups is 1. The molecule has 2 aromatic heterocycles. The molecule has 162 valence electrons. The number of ether oxygens (including phenoxy) is 1. The van der Waals surface area contributed by atoms with Crippen LogP contribution in [-0.4, -0.2) is 28.7 Å². The van der Waals surface area contributed by atoms with Crippen LogP contribution < -0.4 is 10.1 Å². The van der Waals surface area contributed by atoms with E-state index in [2.05, 4.69) is 12.2 Å². The predicted molar refractivity (Wildman–Crippen MR) is 128 cm³/mol. The molecule has 1 atom stereocenters. The standard InChI is InChI=1S/C24H27N3O2S2/c1-13-5-9-18(29-3)17(10-13)25-20(28)12-30-23-21-16-8-4-14(2)11-19(16)31-24(21)27-22(26-23)15-6-7-15/h5,9-10,14-15H,4,6-8,11-12H2,1-3H3,(H,25,28). The van der Waals surface area contributed by atoms with Gasteiger partial charge in [0.1, 0.15) is 21.4 Å². The quantitative estimate of drug-likeness (QED) is 0.381. The molecule has 5 rings (SSSR count). The summed E-state index contributed by atoms with van der Waals surface area (Å²) < 4.78 is 5.39. The summed E-state index contributed by atoms with van der Waals surface area (Å²) in [6.07, 6.45) is 5.77. The van der Waals surface area contributed by atoms with Crippen LogP contribution in [0.3, 0.4) is 0 Å². The molecule has 0 radical (unpaired) electrons. The molecule has 1 amide bonds. The minimum Gasteiger partial charge on any atom is -0.495 e. The zero-order valence-electron chi connectivity index (χ0n) is 18.2. The number of carbonyl (C=O) groups excluding carboxylic acids is 1. The number of thiophene rings is 1. The number of rotatable bonds is 6. The first-order chi connectivity index (χ1) is 15.0. The average molecular weight is 454 g/mol. The lowest BCUT2D eigenvalue weighted by atomic mass is 9.89. The Balaban J connectivity index is 1.41. The zero-order chi connectivity index (χ0) is 21.5. The highest BCUT2D eigenvalue weighted by molar-refractivity contribution is 8.00.